The van der Waals surface area contributed by atoms with Crippen LogP contribution in [-0.2, 0) is 5.41 Å². The Labute approximate surface area is 161 Å². The highest BCUT2D eigenvalue weighted by Crippen LogP contribution is 2.42. The van der Waals surface area contributed by atoms with Gasteiger partial charge in [-0.15, -0.1) is 24.0 Å². The summed E-state index contributed by atoms with van der Waals surface area (Å²) >= 11 is 0. The fraction of sp³-hybridized carbons (Fsp3) is 0.368. The molecule has 1 aliphatic rings. The van der Waals surface area contributed by atoms with Crippen molar-refractivity contribution in [3.63, 3.8) is 0 Å². The lowest BCUT2D eigenvalue weighted by Gasteiger charge is -2.40. The molecule has 4 nitrogen and oxygen atoms in total. The number of nitrogens with zero attached hydrogens (tertiary/aromatic N) is 2. The third-order valence-corrected chi connectivity index (χ3v) is 4.85. The van der Waals surface area contributed by atoms with Gasteiger partial charge in [-0.05, 0) is 62.1 Å². The Morgan fingerprint density at radius 1 is 1.21 bits per heavy atom. The summed E-state index contributed by atoms with van der Waals surface area (Å²) in [6.45, 7) is 4.88. The number of anilines is 1. The first kappa shape index (κ1) is 18.7. The first-order valence-electron chi connectivity index (χ1n) is 8.15. The van der Waals surface area contributed by atoms with Gasteiger partial charge in [0.05, 0.1) is 6.54 Å². The van der Waals surface area contributed by atoms with Gasteiger partial charge in [0.1, 0.15) is 0 Å². The van der Waals surface area contributed by atoms with Crippen LogP contribution in [0.1, 0.15) is 36.1 Å². The molecule has 128 valence electrons. The number of guanidine groups is 1. The summed E-state index contributed by atoms with van der Waals surface area (Å²) < 4.78 is 0. The molecule has 3 rings (SSSR count). The zero-order valence-electron chi connectivity index (χ0n) is 14.2. The van der Waals surface area contributed by atoms with Gasteiger partial charge in [-0.25, -0.2) is 0 Å². The number of nitrogens with one attached hydrogen (secondary N) is 1. The SMILES string of the molecule is Cc1ccc(NC(N)=NCC2(c3ccccn3)CCC2)cc1C.I. The Balaban J connectivity index is 0.00000208. The van der Waals surface area contributed by atoms with Gasteiger partial charge in [0.25, 0.3) is 0 Å². The number of nitrogens with two attached hydrogens (primary N) is 1. The molecule has 3 N–H and O–H groups in total. The fourth-order valence-corrected chi connectivity index (χ4v) is 3.02. The van der Waals surface area contributed by atoms with Crippen LogP contribution >= 0.6 is 24.0 Å². The van der Waals surface area contributed by atoms with E-state index in [0.29, 0.717) is 12.5 Å². The van der Waals surface area contributed by atoms with Crippen molar-refractivity contribution in [3.8, 4) is 0 Å². The summed E-state index contributed by atoms with van der Waals surface area (Å²) in [6.07, 6.45) is 5.35. The van der Waals surface area contributed by atoms with Gasteiger partial charge >= 0.3 is 0 Å². The molecule has 0 saturated heterocycles. The molecular weight excluding hydrogens is 411 g/mol. The molecule has 0 atom stereocenters. The molecule has 2 aromatic rings. The fourth-order valence-electron chi connectivity index (χ4n) is 3.02. The molecule has 0 bridgehead atoms. The van der Waals surface area contributed by atoms with Crippen LogP contribution in [0, 0.1) is 13.8 Å². The van der Waals surface area contributed by atoms with Crippen LogP contribution in [0.3, 0.4) is 0 Å². The number of aliphatic imine (C=N–C) groups is 1. The van der Waals surface area contributed by atoms with Crippen LogP contribution in [0.5, 0.6) is 0 Å². The molecule has 1 aliphatic carbocycles. The van der Waals surface area contributed by atoms with Crippen LogP contribution in [0.15, 0.2) is 47.6 Å². The summed E-state index contributed by atoms with van der Waals surface area (Å²) in [5.41, 5.74) is 10.8. The quantitative estimate of drug-likeness (QED) is 0.430. The molecule has 24 heavy (non-hydrogen) atoms. The largest absolute Gasteiger partial charge is 0.370 e. The molecule has 5 heteroatoms. The Morgan fingerprint density at radius 2 is 2.00 bits per heavy atom. The molecule has 1 aromatic heterocycles. The molecule has 0 spiro atoms. The Hall–Kier alpha value is -1.63. The van der Waals surface area contributed by atoms with E-state index in [-0.39, 0.29) is 29.4 Å². The number of hydrogen-bond donors (Lipinski definition) is 2. The molecular formula is C19H25IN4. The van der Waals surface area contributed by atoms with Gasteiger partial charge in [-0.1, -0.05) is 18.6 Å². The Morgan fingerprint density at radius 3 is 2.58 bits per heavy atom. The number of hydrogen-bond acceptors (Lipinski definition) is 2. The van der Waals surface area contributed by atoms with Gasteiger partial charge < -0.3 is 11.1 Å². The van der Waals surface area contributed by atoms with Gasteiger partial charge in [-0.2, -0.15) is 0 Å². The second kappa shape index (κ2) is 7.96. The van der Waals surface area contributed by atoms with Crippen molar-refractivity contribution in [2.24, 2.45) is 10.7 Å². The highest BCUT2D eigenvalue weighted by atomic mass is 127. The maximum absolute atomic E-state index is 6.08. The minimum absolute atomic E-state index is 0. The van der Waals surface area contributed by atoms with Crippen LogP contribution in [-0.4, -0.2) is 17.5 Å². The number of benzene rings is 1. The third kappa shape index (κ3) is 4.06. The number of aryl methyl sites for hydroxylation is 2. The van der Waals surface area contributed by atoms with Crippen LogP contribution < -0.4 is 11.1 Å². The van der Waals surface area contributed by atoms with Crippen molar-refractivity contribution in [2.45, 2.75) is 38.5 Å². The molecule has 1 fully saturated rings. The van der Waals surface area contributed by atoms with Crippen molar-refractivity contribution in [2.75, 3.05) is 11.9 Å². The summed E-state index contributed by atoms with van der Waals surface area (Å²) in [5.74, 6) is 0.468. The van der Waals surface area contributed by atoms with Crippen LogP contribution in [0.2, 0.25) is 0 Å². The highest BCUT2D eigenvalue weighted by molar-refractivity contribution is 14.0. The number of halogens is 1. The van der Waals surface area contributed by atoms with Crippen molar-refractivity contribution in [1.29, 1.82) is 0 Å². The summed E-state index contributed by atoms with van der Waals surface area (Å²) in [6, 6.07) is 12.3. The van der Waals surface area contributed by atoms with E-state index in [1.165, 1.54) is 17.5 Å². The summed E-state index contributed by atoms with van der Waals surface area (Å²) in [5, 5.41) is 3.19. The summed E-state index contributed by atoms with van der Waals surface area (Å²) in [7, 11) is 0. The summed E-state index contributed by atoms with van der Waals surface area (Å²) in [4.78, 5) is 9.11. The van der Waals surface area contributed by atoms with E-state index in [1.807, 2.05) is 24.4 Å². The average molecular weight is 436 g/mol. The van der Waals surface area contributed by atoms with Gasteiger partial charge in [-0.3, -0.25) is 9.98 Å². The first-order valence-corrected chi connectivity index (χ1v) is 8.15. The molecule has 0 amide bonds. The second-order valence-corrected chi connectivity index (χ2v) is 6.47. The smallest absolute Gasteiger partial charge is 0.193 e. The lowest BCUT2D eigenvalue weighted by atomic mass is 9.66. The first-order chi connectivity index (χ1) is 11.1. The normalized spacial score (nSPS) is 16.0. The van der Waals surface area contributed by atoms with Gasteiger partial charge in [0, 0.05) is 23.0 Å². The van der Waals surface area contributed by atoms with E-state index in [2.05, 4.69) is 47.3 Å². The molecule has 1 aromatic carbocycles. The highest BCUT2D eigenvalue weighted by Gasteiger charge is 2.39. The van der Waals surface area contributed by atoms with E-state index >= 15 is 0 Å². The molecule has 0 unspecified atom stereocenters. The second-order valence-electron chi connectivity index (χ2n) is 6.47. The maximum Gasteiger partial charge on any atom is 0.193 e. The Bertz CT molecular complexity index is 709. The molecule has 1 heterocycles. The monoisotopic (exact) mass is 436 g/mol. The van der Waals surface area contributed by atoms with Crippen molar-refractivity contribution >= 4 is 35.6 Å². The molecule has 0 radical (unpaired) electrons. The van der Waals surface area contributed by atoms with E-state index in [1.54, 1.807) is 0 Å². The predicted octanol–water partition coefficient (Wildman–Crippen LogP) is 4.16. The number of pyridine rings is 1. The topological polar surface area (TPSA) is 63.3 Å². The van der Waals surface area contributed by atoms with Crippen LogP contribution in [0.25, 0.3) is 0 Å². The Kier molecular flexibility index (Phi) is 6.21. The lowest BCUT2D eigenvalue weighted by molar-refractivity contribution is 0.246. The zero-order chi connectivity index (χ0) is 16.3. The standard InChI is InChI=1S/C19H24N4.HI/c1-14-7-8-16(12-15(14)2)23-18(20)22-13-19(9-5-10-19)17-6-3-4-11-21-17;/h3-4,6-8,11-12H,5,9-10,13H2,1-2H3,(H3,20,22,23);1H. The minimum atomic E-state index is 0. The zero-order valence-corrected chi connectivity index (χ0v) is 16.6. The van der Waals surface area contributed by atoms with Crippen molar-refractivity contribution in [1.82, 2.24) is 4.98 Å². The van der Waals surface area contributed by atoms with Crippen molar-refractivity contribution in [3.05, 3.63) is 59.4 Å². The average Bonchev–Trinajstić information content (AvgIpc) is 2.51. The van der Waals surface area contributed by atoms with Gasteiger partial charge in [0.2, 0.25) is 0 Å². The molecule has 0 aliphatic heterocycles. The lowest BCUT2D eigenvalue weighted by Crippen LogP contribution is -2.39. The number of rotatable bonds is 4. The van der Waals surface area contributed by atoms with Crippen molar-refractivity contribution < 1.29 is 0 Å². The number of aromatic nitrogens is 1. The van der Waals surface area contributed by atoms with Gasteiger partial charge in [0.15, 0.2) is 5.96 Å². The van der Waals surface area contributed by atoms with Crippen LogP contribution in [0.4, 0.5) is 5.69 Å². The maximum atomic E-state index is 6.08. The van der Waals surface area contributed by atoms with E-state index in [9.17, 15) is 0 Å². The van der Waals surface area contributed by atoms with E-state index < -0.39 is 0 Å². The van der Waals surface area contributed by atoms with E-state index in [0.717, 1.165) is 24.2 Å². The third-order valence-electron chi connectivity index (χ3n) is 4.85. The minimum Gasteiger partial charge on any atom is -0.370 e. The van der Waals surface area contributed by atoms with E-state index in [4.69, 9.17) is 5.73 Å². The predicted molar refractivity (Wildman–Crippen MR) is 111 cm³/mol. The molecule has 1 saturated carbocycles.